The summed E-state index contributed by atoms with van der Waals surface area (Å²) >= 11 is 6.19. The second-order valence-corrected chi connectivity index (χ2v) is 4.22. The minimum atomic E-state index is -0.880. The van der Waals surface area contributed by atoms with Crippen molar-refractivity contribution in [2.75, 3.05) is 27.8 Å². The van der Waals surface area contributed by atoms with E-state index in [9.17, 15) is 4.79 Å². The summed E-state index contributed by atoms with van der Waals surface area (Å²) in [4.78, 5) is 12.2. The Balaban J connectivity index is 2.93. The van der Waals surface area contributed by atoms with E-state index in [1.165, 1.54) is 14.2 Å². The fraction of sp³-hybridized carbons (Fsp3) is 0.417. The van der Waals surface area contributed by atoms with Crippen molar-refractivity contribution in [3.63, 3.8) is 0 Å². The Morgan fingerprint density at radius 3 is 2.56 bits per heavy atom. The van der Waals surface area contributed by atoms with Gasteiger partial charge in [0.1, 0.15) is 0 Å². The Labute approximate surface area is 111 Å². The normalized spacial score (nSPS) is 10.5. The Morgan fingerprint density at radius 2 is 2.06 bits per heavy atom. The summed E-state index contributed by atoms with van der Waals surface area (Å²) in [5.74, 6) is 0.127. The third kappa shape index (κ3) is 3.51. The van der Waals surface area contributed by atoms with Gasteiger partial charge >= 0.3 is 5.97 Å². The number of likely N-dealkylation sites (N-methyl/N-ethyl adjacent to an activating group) is 1. The van der Waals surface area contributed by atoms with Crippen LogP contribution in [0.3, 0.4) is 0 Å². The zero-order valence-electron chi connectivity index (χ0n) is 10.6. The van der Waals surface area contributed by atoms with E-state index in [4.69, 9.17) is 26.2 Å². The number of carboxylic acid groups (broad SMARTS) is 1. The van der Waals surface area contributed by atoms with Gasteiger partial charge in [0, 0.05) is 6.54 Å². The van der Waals surface area contributed by atoms with E-state index in [2.05, 4.69) is 0 Å². The lowest BCUT2D eigenvalue weighted by molar-refractivity contribution is -0.138. The fourth-order valence-corrected chi connectivity index (χ4v) is 1.92. The number of benzene rings is 1. The first-order valence-corrected chi connectivity index (χ1v) is 5.67. The second kappa shape index (κ2) is 6.47. The van der Waals surface area contributed by atoms with Crippen LogP contribution < -0.4 is 9.47 Å². The summed E-state index contributed by atoms with van der Waals surface area (Å²) < 4.78 is 10.3. The van der Waals surface area contributed by atoms with Crippen LogP contribution >= 0.6 is 11.6 Å². The molecule has 0 aliphatic carbocycles. The van der Waals surface area contributed by atoms with Crippen LogP contribution in [0.25, 0.3) is 0 Å². The van der Waals surface area contributed by atoms with Crippen molar-refractivity contribution < 1.29 is 19.4 Å². The highest BCUT2D eigenvalue weighted by Gasteiger charge is 2.15. The number of nitrogens with zero attached hydrogens (tertiary/aromatic N) is 1. The number of rotatable bonds is 6. The van der Waals surface area contributed by atoms with Crippen LogP contribution in [-0.2, 0) is 11.3 Å². The van der Waals surface area contributed by atoms with Crippen molar-refractivity contribution in [1.82, 2.24) is 4.90 Å². The Kier molecular flexibility index (Phi) is 5.25. The van der Waals surface area contributed by atoms with Crippen molar-refractivity contribution in [3.8, 4) is 11.5 Å². The zero-order chi connectivity index (χ0) is 13.7. The Morgan fingerprint density at radius 1 is 1.39 bits per heavy atom. The molecule has 0 fully saturated rings. The van der Waals surface area contributed by atoms with Crippen molar-refractivity contribution in [2.24, 2.45) is 0 Å². The van der Waals surface area contributed by atoms with Crippen LogP contribution in [0.15, 0.2) is 12.1 Å². The van der Waals surface area contributed by atoms with Crippen molar-refractivity contribution in [1.29, 1.82) is 0 Å². The number of aliphatic carboxylic acids is 1. The molecule has 6 heteroatoms. The van der Waals surface area contributed by atoms with E-state index in [1.807, 2.05) is 0 Å². The molecule has 0 radical (unpaired) electrons. The van der Waals surface area contributed by atoms with Crippen LogP contribution in [0.1, 0.15) is 5.56 Å². The van der Waals surface area contributed by atoms with Gasteiger partial charge in [-0.1, -0.05) is 17.7 Å². The van der Waals surface area contributed by atoms with Crippen LogP contribution in [0.2, 0.25) is 5.02 Å². The third-order valence-electron chi connectivity index (χ3n) is 2.41. The summed E-state index contributed by atoms with van der Waals surface area (Å²) in [7, 11) is 4.75. The van der Waals surface area contributed by atoms with Crippen molar-refractivity contribution in [3.05, 3.63) is 22.7 Å². The number of carboxylic acids is 1. The molecule has 0 aliphatic rings. The highest BCUT2D eigenvalue weighted by atomic mass is 35.5. The van der Waals surface area contributed by atoms with Gasteiger partial charge in [-0.25, -0.2) is 0 Å². The van der Waals surface area contributed by atoms with E-state index in [1.54, 1.807) is 24.1 Å². The van der Waals surface area contributed by atoms with Gasteiger partial charge in [0.15, 0.2) is 11.5 Å². The maximum atomic E-state index is 10.6. The lowest BCUT2D eigenvalue weighted by Crippen LogP contribution is -2.25. The molecule has 0 aliphatic heterocycles. The third-order valence-corrected chi connectivity index (χ3v) is 2.82. The maximum Gasteiger partial charge on any atom is 0.317 e. The molecule has 0 bridgehead atoms. The molecular weight excluding hydrogens is 258 g/mol. The predicted molar refractivity (Wildman–Crippen MR) is 68.5 cm³/mol. The molecule has 1 aromatic carbocycles. The minimum Gasteiger partial charge on any atom is -0.493 e. The summed E-state index contributed by atoms with van der Waals surface area (Å²) in [6, 6.07) is 3.54. The SMILES string of the molecule is COc1ccc(CN(C)CC(=O)O)c(Cl)c1OC. The molecule has 0 unspecified atom stereocenters. The first-order valence-electron chi connectivity index (χ1n) is 5.29. The van der Waals surface area contributed by atoms with E-state index in [0.29, 0.717) is 23.1 Å². The molecule has 0 amide bonds. The summed E-state index contributed by atoms with van der Waals surface area (Å²) in [5.41, 5.74) is 0.790. The quantitative estimate of drug-likeness (QED) is 0.857. The van der Waals surface area contributed by atoms with Gasteiger partial charge in [-0.2, -0.15) is 0 Å². The lowest BCUT2D eigenvalue weighted by Gasteiger charge is -2.17. The molecule has 1 N–H and O–H groups in total. The van der Waals surface area contributed by atoms with Gasteiger partial charge in [0.2, 0.25) is 0 Å². The van der Waals surface area contributed by atoms with Gasteiger partial charge in [0.25, 0.3) is 0 Å². The smallest absolute Gasteiger partial charge is 0.317 e. The van der Waals surface area contributed by atoms with E-state index in [-0.39, 0.29) is 6.54 Å². The number of carbonyl (C=O) groups is 1. The second-order valence-electron chi connectivity index (χ2n) is 3.84. The minimum absolute atomic E-state index is 0.0509. The van der Waals surface area contributed by atoms with Crippen LogP contribution in [-0.4, -0.2) is 43.8 Å². The molecule has 0 atom stereocenters. The number of ether oxygens (including phenoxy) is 2. The topological polar surface area (TPSA) is 59.0 Å². The highest BCUT2D eigenvalue weighted by molar-refractivity contribution is 6.33. The first kappa shape index (κ1) is 14.6. The van der Waals surface area contributed by atoms with E-state index < -0.39 is 5.97 Å². The molecular formula is C12H16ClNO4. The molecule has 1 aromatic rings. The monoisotopic (exact) mass is 273 g/mol. The standard InChI is InChI=1S/C12H16ClNO4/c1-14(7-10(15)16)6-8-4-5-9(17-2)12(18-3)11(8)13/h4-5H,6-7H2,1-3H3,(H,15,16). The largest absolute Gasteiger partial charge is 0.493 e. The van der Waals surface area contributed by atoms with Crippen molar-refractivity contribution in [2.45, 2.75) is 6.54 Å². The molecule has 0 heterocycles. The molecule has 0 aromatic heterocycles. The van der Waals surface area contributed by atoms with Crippen LogP contribution in [0, 0.1) is 0 Å². The fourth-order valence-electron chi connectivity index (χ4n) is 1.63. The average molecular weight is 274 g/mol. The molecule has 100 valence electrons. The predicted octanol–water partition coefficient (Wildman–Crippen LogP) is 1.87. The highest BCUT2D eigenvalue weighted by Crippen LogP contribution is 2.37. The average Bonchev–Trinajstić information content (AvgIpc) is 2.30. The van der Waals surface area contributed by atoms with Gasteiger partial charge < -0.3 is 14.6 Å². The molecule has 0 spiro atoms. The molecule has 5 nitrogen and oxygen atoms in total. The summed E-state index contributed by atoms with van der Waals surface area (Å²) in [6.45, 7) is 0.371. The summed E-state index contributed by atoms with van der Waals surface area (Å²) in [6.07, 6.45) is 0. The first-order chi connectivity index (χ1) is 8.49. The Bertz CT molecular complexity index is 436. The molecule has 18 heavy (non-hydrogen) atoms. The number of hydrogen-bond donors (Lipinski definition) is 1. The van der Waals surface area contributed by atoms with Gasteiger partial charge in [0.05, 0.1) is 25.8 Å². The molecule has 0 saturated carbocycles. The van der Waals surface area contributed by atoms with Crippen molar-refractivity contribution >= 4 is 17.6 Å². The lowest BCUT2D eigenvalue weighted by atomic mass is 10.2. The molecule has 0 saturated heterocycles. The van der Waals surface area contributed by atoms with Crippen LogP contribution in [0.4, 0.5) is 0 Å². The maximum absolute atomic E-state index is 10.6. The van der Waals surface area contributed by atoms with Gasteiger partial charge in [-0.05, 0) is 18.7 Å². The van der Waals surface area contributed by atoms with Gasteiger partial charge in [-0.15, -0.1) is 0 Å². The molecule has 1 rings (SSSR count). The summed E-state index contributed by atoms with van der Waals surface area (Å²) in [5, 5.41) is 9.13. The Hall–Kier alpha value is -1.46. The van der Waals surface area contributed by atoms with Gasteiger partial charge in [-0.3, -0.25) is 9.69 Å². The number of hydrogen-bond acceptors (Lipinski definition) is 4. The zero-order valence-corrected chi connectivity index (χ0v) is 11.3. The van der Waals surface area contributed by atoms with E-state index >= 15 is 0 Å². The number of methoxy groups -OCH3 is 2. The number of halogens is 1. The van der Waals surface area contributed by atoms with E-state index in [0.717, 1.165) is 5.56 Å². The van der Waals surface area contributed by atoms with Crippen LogP contribution in [0.5, 0.6) is 11.5 Å².